The molecule has 0 aliphatic heterocycles. The lowest BCUT2D eigenvalue weighted by molar-refractivity contribution is 0.0692. The van der Waals surface area contributed by atoms with Gasteiger partial charge in [-0.15, -0.1) is 11.3 Å². The molecule has 0 atom stereocenters. The summed E-state index contributed by atoms with van der Waals surface area (Å²) in [7, 11) is 0. The van der Waals surface area contributed by atoms with E-state index in [1.807, 2.05) is 36.3 Å². The summed E-state index contributed by atoms with van der Waals surface area (Å²) >= 11 is 4.94. The van der Waals surface area contributed by atoms with Gasteiger partial charge in [0.1, 0.15) is 4.60 Å². The molecule has 2 rings (SSSR count). The zero-order valence-corrected chi connectivity index (χ0v) is 13.2. The van der Waals surface area contributed by atoms with Crippen LogP contribution in [0.25, 0.3) is 0 Å². The monoisotopic (exact) mass is 338 g/mol. The third-order valence-electron chi connectivity index (χ3n) is 2.76. The predicted molar refractivity (Wildman–Crippen MR) is 81.3 cm³/mol. The number of nitrogens with zero attached hydrogens (tertiary/aromatic N) is 2. The Morgan fingerprint density at radius 1 is 1.42 bits per heavy atom. The highest BCUT2D eigenvalue weighted by atomic mass is 79.9. The highest BCUT2D eigenvalue weighted by molar-refractivity contribution is 9.10. The van der Waals surface area contributed by atoms with Gasteiger partial charge in [0, 0.05) is 17.1 Å². The highest BCUT2D eigenvalue weighted by Gasteiger charge is 2.19. The topological polar surface area (TPSA) is 33.2 Å². The Morgan fingerprint density at radius 3 is 2.74 bits per heavy atom. The standard InChI is InChI=1S/C14H15BrN2OS/c1-10(2)17(9-12-4-3-7-19-12)14(18)11-5-6-13(15)16-8-11/h3-8,10H,9H2,1-2H3. The number of carbonyl (C=O) groups excluding carboxylic acids is 1. The molecule has 0 spiro atoms. The smallest absolute Gasteiger partial charge is 0.255 e. The Balaban J connectivity index is 2.19. The molecule has 0 aliphatic rings. The molecule has 0 bridgehead atoms. The Labute approximate surface area is 125 Å². The van der Waals surface area contributed by atoms with Crippen LogP contribution in [0.4, 0.5) is 0 Å². The molecule has 2 heterocycles. The zero-order chi connectivity index (χ0) is 13.8. The predicted octanol–water partition coefficient (Wildman–Crippen LogP) is 3.96. The van der Waals surface area contributed by atoms with Crippen molar-refractivity contribution in [2.45, 2.75) is 26.4 Å². The van der Waals surface area contributed by atoms with E-state index in [1.165, 1.54) is 4.88 Å². The minimum Gasteiger partial charge on any atom is -0.331 e. The fourth-order valence-electron chi connectivity index (χ4n) is 1.73. The van der Waals surface area contributed by atoms with Crippen LogP contribution in [0.15, 0.2) is 40.4 Å². The Hall–Kier alpha value is -1.20. The molecule has 0 radical (unpaired) electrons. The summed E-state index contributed by atoms with van der Waals surface area (Å²) in [6.07, 6.45) is 1.61. The molecule has 19 heavy (non-hydrogen) atoms. The number of rotatable bonds is 4. The second-order valence-corrected chi connectivity index (χ2v) is 6.32. The molecule has 0 N–H and O–H groups in total. The van der Waals surface area contributed by atoms with E-state index in [4.69, 9.17) is 0 Å². The quantitative estimate of drug-likeness (QED) is 0.790. The van der Waals surface area contributed by atoms with E-state index in [-0.39, 0.29) is 11.9 Å². The van der Waals surface area contributed by atoms with Crippen molar-refractivity contribution in [3.8, 4) is 0 Å². The van der Waals surface area contributed by atoms with Gasteiger partial charge in [-0.1, -0.05) is 6.07 Å². The summed E-state index contributed by atoms with van der Waals surface area (Å²) in [4.78, 5) is 19.7. The van der Waals surface area contributed by atoms with E-state index in [9.17, 15) is 4.79 Å². The Morgan fingerprint density at radius 2 is 2.21 bits per heavy atom. The van der Waals surface area contributed by atoms with Gasteiger partial charge in [0.25, 0.3) is 5.91 Å². The molecule has 0 saturated heterocycles. The summed E-state index contributed by atoms with van der Waals surface area (Å²) in [6, 6.07) is 7.79. The molecular weight excluding hydrogens is 324 g/mol. The maximum Gasteiger partial charge on any atom is 0.255 e. The lowest BCUT2D eigenvalue weighted by Crippen LogP contribution is -2.36. The van der Waals surface area contributed by atoms with Gasteiger partial charge in [0.2, 0.25) is 0 Å². The SMILES string of the molecule is CC(C)N(Cc1cccs1)C(=O)c1ccc(Br)nc1. The van der Waals surface area contributed by atoms with Crippen LogP contribution >= 0.6 is 27.3 Å². The van der Waals surface area contributed by atoms with Gasteiger partial charge in [0.15, 0.2) is 0 Å². The molecule has 2 aromatic heterocycles. The van der Waals surface area contributed by atoms with Crippen LogP contribution in [-0.2, 0) is 6.54 Å². The lowest BCUT2D eigenvalue weighted by Gasteiger charge is -2.26. The van der Waals surface area contributed by atoms with E-state index in [0.717, 1.165) is 4.60 Å². The average molecular weight is 339 g/mol. The normalized spacial score (nSPS) is 10.7. The fraction of sp³-hybridized carbons (Fsp3) is 0.286. The first-order chi connectivity index (χ1) is 9.08. The van der Waals surface area contributed by atoms with Gasteiger partial charge in [-0.25, -0.2) is 4.98 Å². The van der Waals surface area contributed by atoms with Crippen molar-refractivity contribution in [2.75, 3.05) is 0 Å². The van der Waals surface area contributed by atoms with Crippen molar-refractivity contribution in [1.29, 1.82) is 0 Å². The number of hydrogen-bond acceptors (Lipinski definition) is 3. The highest BCUT2D eigenvalue weighted by Crippen LogP contribution is 2.17. The van der Waals surface area contributed by atoms with Gasteiger partial charge in [-0.3, -0.25) is 4.79 Å². The summed E-state index contributed by atoms with van der Waals surface area (Å²) in [6.45, 7) is 4.69. The lowest BCUT2D eigenvalue weighted by atomic mass is 10.2. The van der Waals surface area contributed by atoms with E-state index in [2.05, 4.69) is 20.9 Å². The maximum absolute atomic E-state index is 12.5. The van der Waals surface area contributed by atoms with Gasteiger partial charge in [-0.2, -0.15) is 0 Å². The van der Waals surface area contributed by atoms with Crippen LogP contribution in [0.3, 0.4) is 0 Å². The minimum atomic E-state index is 0.0170. The summed E-state index contributed by atoms with van der Waals surface area (Å²) in [5, 5.41) is 2.03. The van der Waals surface area contributed by atoms with Crippen LogP contribution in [0.2, 0.25) is 0 Å². The molecule has 0 fully saturated rings. The van der Waals surface area contributed by atoms with Crippen LogP contribution in [0.1, 0.15) is 29.1 Å². The van der Waals surface area contributed by atoms with Crippen molar-refractivity contribution in [3.63, 3.8) is 0 Å². The first-order valence-electron chi connectivity index (χ1n) is 6.03. The first kappa shape index (κ1) is 14.2. The number of amides is 1. The third-order valence-corrected chi connectivity index (χ3v) is 4.10. The van der Waals surface area contributed by atoms with Crippen molar-refractivity contribution >= 4 is 33.2 Å². The number of halogens is 1. The van der Waals surface area contributed by atoms with Crippen molar-refractivity contribution in [3.05, 3.63) is 50.9 Å². The number of hydrogen-bond donors (Lipinski definition) is 0. The molecule has 3 nitrogen and oxygen atoms in total. The molecule has 0 aliphatic carbocycles. The average Bonchev–Trinajstić information content (AvgIpc) is 2.88. The van der Waals surface area contributed by atoms with Gasteiger partial charge in [-0.05, 0) is 53.4 Å². The molecule has 5 heteroatoms. The van der Waals surface area contributed by atoms with Gasteiger partial charge >= 0.3 is 0 Å². The van der Waals surface area contributed by atoms with Crippen LogP contribution in [0.5, 0.6) is 0 Å². The van der Waals surface area contributed by atoms with Crippen molar-refractivity contribution < 1.29 is 4.79 Å². The summed E-state index contributed by atoms with van der Waals surface area (Å²) in [5.74, 6) is 0.0170. The van der Waals surface area contributed by atoms with E-state index < -0.39 is 0 Å². The zero-order valence-electron chi connectivity index (χ0n) is 10.8. The number of pyridine rings is 1. The fourth-order valence-corrected chi connectivity index (χ4v) is 2.66. The first-order valence-corrected chi connectivity index (χ1v) is 7.70. The number of thiophene rings is 1. The van der Waals surface area contributed by atoms with Gasteiger partial charge in [0.05, 0.1) is 12.1 Å². The molecule has 0 saturated carbocycles. The number of aromatic nitrogens is 1. The summed E-state index contributed by atoms with van der Waals surface area (Å²) in [5.41, 5.74) is 0.619. The van der Waals surface area contributed by atoms with E-state index >= 15 is 0 Å². The molecule has 0 unspecified atom stereocenters. The third kappa shape index (κ3) is 3.64. The second-order valence-electron chi connectivity index (χ2n) is 4.48. The Bertz CT molecular complexity index is 537. The maximum atomic E-state index is 12.5. The van der Waals surface area contributed by atoms with Crippen LogP contribution in [-0.4, -0.2) is 21.8 Å². The molecule has 0 aromatic carbocycles. The van der Waals surface area contributed by atoms with Crippen LogP contribution < -0.4 is 0 Å². The minimum absolute atomic E-state index is 0.0170. The van der Waals surface area contributed by atoms with Crippen LogP contribution in [0, 0.1) is 0 Å². The summed E-state index contributed by atoms with van der Waals surface area (Å²) < 4.78 is 0.735. The molecule has 2 aromatic rings. The Kier molecular flexibility index (Phi) is 4.71. The molecule has 100 valence electrons. The van der Waals surface area contributed by atoms with Gasteiger partial charge < -0.3 is 4.90 Å². The molecule has 1 amide bonds. The van der Waals surface area contributed by atoms with Crippen molar-refractivity contribution in [2.24, 2.45) is 0 Å². The van der Waals surface area contributed by atoms with E-state index in [0.29, 0.717) is 12.1 Å². The number of carbonyl (C=O) groups is 1. The van der Waals surface area contributed by atoms with E-state index in [1.54, 1.807) is 29.7 Å². The molecular formula is C14H15BrN2OS. The van der Waals surface area contributed by atoms with Crippen molar-refractivity contribution in [1.82, 2.24) is 9.88 Å². The second kappa shape index (κ2) is 6.30. The largest absolute Gasteiger partial charge is 0.331 e.